The van der Waals surface area contributed by atoms with Crippen molar-refractivity contribution in [2.75, 3.05) is 55.8 Å². The second-order valence-electron chi connectivity index (χ2n) is 10.5. The zero-order valence-corrected chi connectivity index (χ0v) is 20.1. The maximum Gasteiger partial charge on any atom is 0.414 e. The lowest BCUT2D eigenvalue weighted by Crippen LogP contribution is -2.39. The number of hydrogen-bond donors (Lipinski definition) is 1. The van der Waals surface area contributed by atoms with Gasteiger partial charge in [0.1, 0.15) is 5.60 Å². The van der Waals surface area contributed by atoms with Crippen molar-refractivity contribution in [1.29, 1.82) is 0 Å². The van der Waals surface area contributed by atoms with Crippen molar-refractivity contribution < 1.29 is 9.53 Å². The average molecular weight is 419 g/mol. The third-order valence-electron chi connectivity index (χ3n) is 5.63. The average Bonchev–Trinajstić information content (AvgIpc) is 2.61. The zero-order valence-electron chi connectivity index (χ0n) is 20.1. The van der Waals surface area contributed by atoms with Gasteiger partial charge in [0.2, 0.25) is 0 Å². The fourth-order valence-corrected chi connectivity index (χ4v) is 3.67. The molecule has 0 unspecified atom stereocenters. The highest BCUT2D eigenvalue weighted by Gasteiger charge is 2.28. The van der Waals surface area contributed by atoms with E-state index in [0.717, 1.165) is 62.4 Å². The van der Waals surface area contributed by atoms with Crippen LogP contribution in [-0.4, -0.2) is 56.9 Å². The molecule has 0 spiro atoms. The van der Waals surface area contributed by atoms with Crippen LogP contribution in [0.3, 0.4) is 0 Å². The summed E-state index contributed by atoms with van der Waals surface area (Å²) in [7, 11) is 4.13. The quantitative estimate of drug-likeness (QED) is 0.500. The molecule has 0 aliphatic carbocycles. The molecule has 0 atom stereocenters. The van der Waals surface area contributed by atoms with Gasteiger partial charge in [0.25, 0.3) is 0 Å². The second-order valence-corrected chi connectivity index (χ2v) is 10.5. The molecule has 6 nitrogen and oxygen atoms in total. The van der Waals surface area contributed by atoms with Crippen LogP contribution in [0.2, 0.25) is 0 Å². The number of nitrogen functional groups attached to an aromatic ring is 1. The van der Waals surface area contributed by atoms with E-state index in [0.29, 0.717) is 12.0 Å². The SMILES string of the molecule is CN(C)CCCCN(C(=O)OC(C)(C)C)c1ccc(N)c(N2CCC(C)(C)CC2)c1. The fraction of sp³-hybridized carbons (Fsp3) is 0.708. The molecule has 0 bridgehead atoms. The van der Waals surface area contributed by atoms with E-state index in [1.165, 1.54) is 0 Å². The standard InChI is InChI=1S/C24H42N4O2/c1-23(2,3)30-22(29)28(15-9-8-14-26(6)7)19-10-11-20(25)21(18-19)27-16-12-24(4,5)13-17-27/h10-11,18H,8-9,12-17,25H2,1-7H3. The van der Waals surface area contributed by atoms with Crippen LogP contribution in [0.1, 0.15) is 60.3 Å². The minimum Gasteiger partial charge on any atom is -0.443 e. The first-order chi connectivity index (χ1) is 13.9. The molecular formula is C24H42N4O2. The van der Waals surface area contributed by atoms with Gasteiger partial charge in [-0.2, -0.15) is 0 Å². The van der Waals surface area contributed by atoms with Gasteiger partial charge in [-0.15, -0.1) is 0 Å². The molecule has 1 saturated heterocycles. The van der Waals surface area contributed by atoms with Crippen LogP contribution in [-0.2, 0) is 4.74 Å². The maximum atomic E-state index is 13.0. The van der Waals surface area contributed by atoms with E-state index in [4.69, 9.17) is 10.5 Å². The van der Waals surface area contributed by atoms with Crippen molar-refractivity contribution in [3.63, 3.8) is 0 Å². The number of carbonyl (C=O) groups excluding carboxylic acids is 1. The Bertz CT molecular complexity index is 700. The molecule has 0 saturated carbocycles. The number of piperidine rings is 1. The Morgan fingerprint density at radius 1 is 1.13 bits per heavy atom. The van der Waals surface area contributed by atoms with E-state index >= 15 is 0 Å². The minimum absolute atomic E-state index is 0.303. The van der Waals surface area contributed by atoms with E-state index < -0.39 is 5.60 Å². The minimum atomic E-state index is -0.534. The highest BCUT2D eigenvalue weighted by Crippen LogP contribution is 2.36. The summed E-state index contributed by atoms with van der Waals surface area (Å²) in [6, 6.07) is 5.91. The lowest BCUT2D eigenvalue weighted by atomic mass is 9.82. The van der Waals surface area contributed by atoms with Gasteiger partial charge in [-0.1, -0.05) is 13.8 Å². The number of rotatable bonds is 7. The Kier molecular flexibility index (Phi) is 8.03. The largest absolute Gasteiger partial charge is 0.443 e. The van der Waals surface area contributed by atoms with Gasteiger partial charge in [-0.05, 0) is 90.7 Å². The van der Waals surface area contributed by atoms with E-state index in [9.17, 15) is 4.79 Å². The molecule has 30 heavy (non-hydrogen) atoms. The third kappa shape index (κ3) is 7.38. The van der Waals surface area contributed by atoms with E-state index in [2.05, 4.69) is 43.8 Å². The summed E-state index contributed by atoms with van der Waals surface area (Å²) in [5, 5.41) is 0. The molecular weight excluding hydrogens is 376 g/mol. The molecule has 1 heterocycles. The van der Waals surface area contributed by atoms with Crippen LogP contribution in [0.15, 0.2) is 18.2 Å². The number of benzene rings is 1. The van der Waals surface area contributed by atoms with Gasteiger partial charge in [-0.25, -0.2) is 4.79 Å². The van der Waals surface area contributed by atoms with Crippen LogP contribution in [0.25, 0.3) is 0 Å². The van der Waals surface area contributed by atoms with Crippen LogP contribution < -0.4 is 15.5 Å². The normalized spacial score (nSPS) is 16.6. The van der Waals surface area contributed by atoms with Crippen LogP contribution in [0.5, 0.6) is 0 Å². The molecule has 0 aromatic heterocycles. The van der Waals surface area contributed by atoms with Crippen molar-refractivity contribution in [2.24, 2.45) is 5.41 Å². The topological polar surface area (TPSA) is 62.0 Å². The summed E-state index contributed by atoms with van der Waals surface area (Å²) in [4.78, 5) is 19.3. The Balaban J connectivity index is 2.22. The number of nitrogens with two attached hydrogens (primary N) is 1. The Labute approximate surface area is 183 Å². The summed E-state index contributed by atoms with van der Waals surface area (Å²) in [5.74, 6) is 0. The lowest BCUT2D eigenvalue weighted by molar-refractivity contribution is 0.0579. The first-order valence-electron chi connectivity index (χ1n) is 11.2. The highest BCUT2D eigenvalue weighted by atomic mass is 16.6. The highest BCUT2D eigenvalue weighted by molar-refractivity contribution is 5.90. The number of amides is 1. The van der Waals surface area contributed by atoms with Gasteiger partial charge in [0, 0.05) is 25.3 Å². The second kappa shape index (κ2) is 9.90. The number of nitrogens with zero attached hydrogens (tertiary/aromatic N) is 3. The fourth-order valence-electron chi connectivity index (χ4n) is 3.67. The molecule has 1 aliphatic rings. The maximum absolute atomic E-state index is 13.0. The van der Waals surface area contributed by atoms with E-state index in [-0.39, 0.29) is 6.09 Å². The van der Waals surface area contributed by atoms with E-state index in [1.807, 2.05) is 32.9 Å². The number of unbranched alkanes of at least 4 members (excludes halogenated alkanes) is 1. The molecule has 1 aliphatic heterocycles. The Hall–Kier alpha value is -1.95. The number of anilines is 3. The van der Waals surface area contributed by atoms with Crippen molar-refractivity contribution >= 4 is 23.2 Å². The van der Waals surface area contributed by atoms with Crippen molar-refractivity contribution in [3.8, 4) is 0 Å². The van der Waals surface area contributed by atoms with Gasteiger partial charge in [-0.3, -0.25) is 4.90 Å². The predicted octanol–water partition coefficient (Wildman–Crippen LogP) is 4.98. The first kappa shape index (κ1) is 24.3. The van der Waals surface area contributed by atoms with Crippen molar-refractivity contribution in [2.45, 2.75) is 65.9 Å². The number of ether oxygens (including phenoxy) is 1. The molecule has 1 aromatic carbocycles. The number of hydrogen-bond acceptors (Lipinski definition) is 5. The van der Waals surface area contributed by atoms with Gasteiger partial charge < -0.3 is 20.3 Å². The summed E-state index contributed by atoms with van der Waals surface area (Å²) < 4.78 is 5.71. The Morgan fingerprint density at radius 2 is 1.73 bits per heavy atom. The molecule has 2 rings (SSSR count). The molecule has 1 fully saturated rings. The molecule has 0 radical (unpaired) electrons. The zero-order chi connectivity index (χ0) is 22.5. The van der Waals surface area contributed by atoms with Crippen molar-refractivity contribution in [3.05, 3.63) is 18.2 Å². The van der Waals surface area contributed by atoms with Gasteiger partial charge in [0.15, 0.2) is 0 Å². The van der Waals surface area contributed by atoms with Gasteiger partial charge >= 0.3 is 6.09 Å². The molecule has 170 valence electrons. The monoisotopic (exact) mass is 418 g/mol. The molecule has 1 aromatic rings. The summed E-state index contributed by atoms with van der Waals surface area (Å²) >= 11 is 0. The van der Waals surface area contributed by atoms with Crippen LogP contribution in [0, 0.1) is 5.41 Å². The lowest BCUT2D eigenvalue weighted by Gasteiger charge is -2.39. The van der Waals surface area contributed by atoms with Crippen molar-refractivity contribution in [1.82, 2.24) is 4.90 Å². The molecule has 6 heteroatoms. The number of carbonyl (C=O) groups is 1. The summed E-state index contributed by atoms with van der Waals surface area (Å²) in [6.45, 7) is 13.9. The van der Waals surface area contributed by atoms with Gasteiger partial charge in [0.05, 0.1) is 11.4 Å². The van der Waals surface area contributed by atoms with Crippen LogP contribution >= 0.6 is 0 Å². The summed E-state index contributed by atoms with van der Waals surface area (Å²) in [5.41, 5.74) is 8.81. The van der Waals surface area contributed by atoms with E-state index in [1.54, 1.807) is 4.90 Å². The third-order valence-corrected chi connectivity index (χ3v) is 5.63. The Morgan fingerprint density at radius 3 is 2.30 bits per heavy atom. The van der Waals surface area contributed by atoms with Crippen LogP contribution in [0.4, 0.5) is 21.9 Å². The first-order valence-corrected chi connectivity index (χ1v) is 11.2. The summed E-state index contributed by atoms with van der Waals surface area (Å²) in [6.07, 6.45) is 3.90. The smallest absolute Gasteiger partial charge is 0.414 e. The molecule has 1 amide bonds. The molecule has 2 N–H and O–H groups in total. The predicted molar refractivity (Wildman–Crippen MR) is 127 cm³/mol.